The third-order valence-corrected chi connectivity index (χ3v) is 7.90. The Morgan fingerprint density at radius 1 is 0.872 bits per heavy atom. The van der Waals surface area contributed by atoms with Crippen molar-refractivity contribution >= 4 is 17.7 Å². The molecule has 2 atom stereocenters. The van der Waals surface area contributed by atoms with Crippen LogP contribution in [0.15, 0.2) is 84.9 Å². The average molecular weight is 526 g/mol. The number of nitrogens with zero attached hydrogens (tertiary/aromatic N) is 2. The molecule has 1 N–H and O–H groups in total. The van der Waals surface area contributed by atoms with E-state index in [1.54, 1.807) is 17.0 Å². The summed E-state index contributed by atoms with van der Waals surface area (Å²) in [6, 6.07) is 25.5. The van der Waals surface area contributed by atoms with Gasteiger partial charge in [-0.2, -0.15) is 0 Å². The largest absolute Gasteiger partial charge is 0.353 e. The monoisotopic (exact) mass is 525 g/mol. The summed E-state index contributed by atoms with van der Waals surface area (Å²) in [5, 5.41) is 3.08. The lowest BCUT2D eigenvalue weighted by Crippen LogP contribution is -2.60. The van der Waals surface area contributed by atoms with Crippen LogP contribution in [0.3, 0.4) is 0 Å². The number of carbonyl (C=O) groups is 3. The quantitative estimate of drug-likeness (QED) is 0.510. The van der Waals surface area contributed by atoms with Gasteiger partial charge in [0.05, 0.1) is 12.6 Å². The van der Waals surface area contributed by atoms with Gasteiger partial charge in [-0.3, -0.25) is 19.3 Å². The number of hydrogen-bond donors (Lipinski definition) is 1. The summed E-state index contributed by atoms with van der Waals surface area (Å²) in [6.45, 7) is 4.99. The second kappa shape index (κ2) is 11.4. The lowest BCUT2D eigenvalue weighted by Gasteiger charge is -2.44. The van der Waals surface area contributed by atoms with Crippen molar-refractivity contribution < 1.29 is 19.1 Å². The number of benzene rings is 3. The summed E-state index contributed by atoms with van der Waals surface area (Å²) < 4.78 is 6.33. The highest BCUT2D eigenvalue weighted by Gasteiger charge is 2.54. The van der Waals surface area contributed by atoms with Gasteiger partial charge in [-0.05, 0) is 48.7 Å². The van der Waals surface area contributed by atoms with Crippen molar-refractivity contribution in [2.24, 2.45) is 0 Å². The van der Waals surface area contributed by atoms with E-state index < -0.39 is 11.8 Å². The molecular weight excluding hydrogens is 490 g/mol. The van der Waals surface area contributed by atoms with Gasteiger partial charge in [-0.1, -0.05) is 67.6 Å². The number of carbonyl (C=O) groups excluding carboxylic acids is 3. The summed E-state index contributed by atoms with van der Waals surface area (Å²) in [5.74, 6) is -0.519. The van der Waals surface area contributed by atoms with E-state index in [-0.39, 0.29) is 30.4 Å². The Morgan fingerprint density at radius 2 is 1.46 bits per heavy atom. The fourth-order valence-corrected chi connectivity index (χ4v) is 5.55. The van der Waals surface area contributed by atoms with E-state index >= 15 is 0 Å². The zero-order valence-electron chi connectivity index (χ0n) is 22.5. The highest BCUT2D eigenvalue weighted by Crippen LogP contribution is 2.39. The van der Waals surface area contributed by atoms with Gasteiger partial charge >= 0.3 is 0 Å². The summed E-state index contributed by atoms with van der Waals surface area (Å²) in [5.41, 5.74) is 2.38. The van der Waals surface area contributed by atoms with Crippen molar-refractivity contribution in [1.29, 1.82) is 0 Å². The molecule has 0 radical (unpaired) electrons. The topological polar surface area (TPSA) is 79.0 Å². The fourth-order valence-electron chi connectivity index (χ4n) is 5.55. The Morgan fingerprint density at radius 3 is 2.08 bits per heavy atom. The summed E-state index contributed by atoms with van der Waals surface area (Å²) in [7, 11) is 0. The molecule has 202 valence electrons. The number of rotatable bonds is 6. The maximum absolute atomic E-state index is 13.9. The molecule has 0 aromatic heterocycles. The minimum atomic E-state index is -0.951. The van der Waals surface area contributed by atoms with Crippen molar-refractivity contribution in [3.8, 4) is 0 Å². The SMILES string of the molecule is CCc1ccc(C(=O)N2CCC3(CC2)OCC(C(=O)NC(C)c2ccccc2)N3C(=O)c2ccccc2)cc1. The first kappa shape index (κ1) is 26.6. The minimum absolute atomic E-state index is 0.0302. The second-order valence-electron chi connectivity index (χ2n) is 10.3. The van der Waals surface area contributed by atoms with Crippen LogP contribution in [-0.4, -0.2) is 59.0 Å². The first-order valence-electron chi connectivity index (χ1n) is 13.7. The number of amides is 3. The third-order valence-electron chi connectivity index (χ3n) is 7.90. The molecular formula is C32H35N3O4. The van der Waals surface area contributed by atoms with Crippen molar-refractivity contribution in [1.82, 2.24) is 15.1 Å². The zero-order chi connectivity index (χ0) is 27.4. The first-order chi connectivity index (χ1) is 18.9. The van der Waals surface area contributed by atoms with Crippen molar-refractivity contribution in [2.45, 2.75) is 50.9 Å². The van der Waals surface area contributed by atoms with Gasteiger partial charge in [0.25, 0.3) is 11.8 Å². The second-order valence-corrected chi connectivity index (χ2v) is 10.3. The van der Waals surface area contributed by atoms with E-state index in [0.717, 1.165) is 12.0 Å². The molecule has 7 heteroatoms. The number of piperidine rings is 1. The molecule has 0 aliphatic carbocycles. The van der Waals surface area contributed by atoms with Crippen LogP contribution in [0.1, 0.15) is 64.6 Å². The predicted molar refractivity (Wildman–Crippen MR) is 149 cm³/mol. The van der Waals surface area contributed by atoms with Crippen LogP contribution >= 0.6 is 0 Å². The van der Waals surface area contributed by atoms with Crippen LogP contribution in [0.25, 0.3) is 0 Å². The Labute approximate surface area is 229 Å². The van der Waals surface area contributed by atoms with Crippen LogP contribution < -0.4 is 5.32 Å². The van der Waals surface area contributed by atoms with Gasteiger partial charge in [0.2, 0.25) is 5.91 Å². The van der Waals surface area contributed by atoms with Crippen LogP contribution in [0.5, 0.6) is 0 Å². The van der Waals surface area contributed by atoms with E-state index in [0.29, 0.717) is 37.1 Å². The molecule has 0 bridgehead atoms. The molecule has 3 aromatic carbocycles. The first-order valence-corrected chi connectivity index (χ1v) is 13.7. The number of nitrogens with one attached hydrogen (secondary N) is 1. The molecule has 2 aliphatic rings. The van der Waals surface area contributed by atoms with Gasteiger partial charge in [0, 0.05) is 37.1 Å². The van der Waals surface area contributed by atoms with E-state index in [9.17, 15) is 14.4 Å². The van der Waals surface area contributed by atoms with E-state index in [1.165, 1.54) is 5.56 Å². The molecule has 7 nitrogen and oxygen atoms in total. The van der Waals surface area contributed by atoms with Crippen LogP contribution in [0.2, 0.25) is 0 Å². The predicted octanol–water partition coefficient (Wildman–Crippen LogP) is 4.60. The Kier molecular flexibility index (Phi) is 7.79. The Hall–Kier alpha value is -3.97. The minimum Gasteiger partial charge on any atom is -0.353 e. The number of ether oxygens (including phenoxy) is 1. The van der Waals surface area contributed by atoms with Gasteiger partial charge in [0.1, 0.15) is 11.8 Å². The maximum Gasteiger partial charge on any atom is 0.256 e. The van der Waals surface area contributed by atoms with E-state index in [2.05, 4.69) is 12.2 Å². The van der Waals surface area contributed by atoms with Gasteiger partial charge < -0.3 is 15.0 Å². The van der Waals surface area contributed by atoms with Crippen LogP contribution in [0.4, 0.5) is 0 Å². The lowest BCUT2D eigenvalue weighted by molar-refractivity contribution is -0.128. The summed E-state index contributed by atoms with van der Waals surface area (Å²) in [4.78, 5) is 44.1. The Bertz CT molecular complexity index is 1300. The highest BCUT2D eigenvalue weighted by molar-refractivity contribution is 5.98. The number of hydrogen-bond acceptors (Lipinski definition) is 4. The molecule has 0 saturated carbocycles. The molecule has 39 heavy (non-hydrogen) atoms. The van der Waals surface area contributed by atoms with E-state index in [4.69, 9.17) is 4.74 Å². The van der Waals surface area contributed by atoms with E-state index in [1.807, 2.05) is 84.6 Å². The number of aryl methyl sites for hydroxylation is 1. The standard InChI is InChI=1S/C32H35N3O4/c1-3-24-14-16-27(17-15-24)30(37)34-20-18-32(19-21-34)35(31(38)26-12-8-5-9-13-26)28(22-39-32)29(36)33-23(2)25-10-6-4-7-11-25/h4-17,23,28H,3,18-22H2,1-2H3,(H,33,36). The van der Waals surface area contributed by atoms with Crippen molar-refractivity contribution in [3.63, 3.8) is 0 Å². The highest BCUT2D eigenvalue weighted by atomic mass is 16.5. The van der Waals surface area contributed by atoms with Crippen molar-refractivity contribution in [2.75, 3.05) is 19.7 Å². The molecule has 2 saturated heterocycles. The van der Waals surface area contributed by atoms with Crippen LogP contribution in [0, 0.1) is 0 Å². The molecule has 2 unspecified atom stereocenters. The van der Waals surface area contributed by atoms with Crippen LogP contribution in [-0.2, 0) is 16.0 Å². The number of likely N-dealkylation sites (tertiary alicyclic amines) is 1. The van der Waals surface area contributed by atoms with Gasteiger partial charge in [-0.25, -0.2) is 0 Å². The molecule has 3 aromatic rings. The molecule has 2 fully saturated rings. The molecule has 5 rings (SSSR count). The molecule has 3 amide bonds. The zero-order valence-corrected chi connectivity index (χ0v) is 22.5. The molecule has 2 aliphatic heterocycles. The summed E-state index contributed by atoms with van der Waals surface area (Å²) >= 11 is 0. The smallest absolute Gasteiger partial charge is 0.256 e. The third kappa shape index (κ3) is 5.45. The average Bonchev–Trinajstić information content (AvgIpc) is 3.36. The fraction of sp³-hybridized carbons (Fsp3) is 0.344. The molecule has 1 spiro atoms. The van der Waals surface area contributed by atoms with Gasteiger partial charge in [0.15, 0.2) is 0 Å². The van der Waals surface area contributed by atoms with Crippen molar-refractivity contribution in [3.05, 3.63) is 107 Å². The van der Waals surface area contributed by atoms with Gasteiger partial charge in [-0.15, -0.1) is 0 Å². The molecule has 2 heterocycles. The summed E-state index contributed by atoms with van der Waals surface area (Å²) in [6.07, 6.45) is 1.78. The normalized spacial score (nSPS) is 19.1. The Balaban J connectivity index is 1.35. The maximum atomic E-state index is 13.9. The lowest BCUT2D eigenvalue weighted by atomic mass is 9.95.